The minimum absolute atomic E-state index is 0.146. The number of ether oxygens (including phenoxy) is 1. The summed E-state index contributed by atoms with van der Waals surface area (Å²) in [6.45, 7) is 6.22. The van der Waals surface area contributed by atoms with Crippen molar-refractivity contribution in [1.29, 1.82) is 0 Å². The second kappa shape index (κ2) is 10.4. The molecule has 8 heteroatoms. The van der Waals surface area contributed by atoms with E-state index in [4.69, 9.17) is 4.74 Å². The van der Waals surface area contributed by atoms with Gasteiger partial charge < -0.3 is 25.6 Å². The van der Waals surface area contributed by atoms with Gasteiger partial charge in [0.05, 0.1) is 5.41 Å². The van der Waals surface area contributed by atoms with E-state index in [1.54, 1.807) is 11.9 Å². The third-order valence-corrected chi connectivity index (χ3v) is 6.03. The predicted molar refractivity (Wildman–Crippen MR) is 120 cm³/mol. The Labute approximate surface area is 181 Å². The zero-order valence-corrected chi connectivity index (χ0v) is 19.6. The number of rotatable bonds is 5. The van der Waals surface area contributed by atoms with Crippen molar-refractivity contribution in [2.75, 3.05) is 27.7 Å². The third-order valence-electron chi connectivity index (χ3n) is 6.03. The molecule has 0 bridgehead atoms. The summed E-state index contributed by atoms with van der Waals surface area (Å²) in [6.07, 6.45) is 7.40. The fourth-order valence-electron chi connectivity index (χ4n) is 4.49. The van der Waals surface area contributed by atoms with Crippen molar-refractivity contribution in [3.63, 3.8) is 0 Å². The van der Waals surface area contributed by atoms with E-state index in [1.807, 2.05) is 34.9 Å². The molecule has 0 aromatic rings. The van der Waals surface area contributed by atoms with Crippen LogP contribution in [0.25, 0.3) is 0 Å². The van der Waals surface area contributed by atoms with Gasteiger partial charge in [0, 0.05) is 39.8 Å². The summed E-state index contributed by atoms with van der Waals surface area (Å²) < 4.78 is 5.35. The quantitative estimate of drug-likeness (QED) is 0.467. The molecule has 8 nitrogen and oxygen atoms in total. The lowest BCUT2D eigenvalue weighted by atomic mass is 9.84. The van der Waals surface area contributed by atoms with E-state index in [0.717, 1.165) is 57.3 Å². The van der Waals surface area contributed by atoms with Gasteiger partial charge in [-0.15, -0.1) is 0 Å². The van der Waals surface area contributed by atoms with Crippen LogP contribution in [0.1, 0.15) is 72.1 Å². The summed E-state index contributed by atoms with van der Waals surface area (Å²) in [5, 5.41) is 9.88. The summed E-state index contributed by atoms with van der Waals surface area (Å²) >= 11 is 0. The molecule has 2 aliphatic rings. The molecule has 0 saturated heterocycles. The molecule has 0 aromatic carbocycles. The third kappa shape index (κ3) is 7.06. The molecule has 172 valence electrons. The zero-order valence-electron chi connectivity index (χ0n) is 19.6. The van der Waals surface area contributed by atoms with Crippen molar-refractivity contribution in [2.24, 2.45) is 10.4 Å². The van der Waals surface area contributed by atoms with Crippen LogP contribution in [0.15, 0.2) is 4.99 Å². The van der Waals surface area contributed by atoms with E-state index in [-0.39, 0.29) is 23.5 Å². The Hall–Kier alpha value is -1.99. The molecule has 0 atom stereocenters. The number of carbonyl (C=O) groups is 2. The maximum absolute atomic E-state index is 12.7. The average molecular weight is 424 g/mol. The van der Waals surface area contributed by atoms with Crippen LogP contribution < -0.4 is 16.0 Å². The van der Waals surface area contributed by atoms with Crippen molar-refractivity contribution in [1.82, 2.24) is 20.9 Å². The number of carbonyl (C=O) groups excluding carboxylic acids is 2. The summed E-state index contributed by atoms with van der Waals surface area (Å²) in [5.41, 5.74) is -0.804. The van der Waals surface area contributed by atoms with Crippen molar-refractivity contribution in [2.45, 2.75) is 89.8 Å². The molecule has 3 N–H and O–H groups in total. The van der Waals surface area contributed by atoms with Crippen LogP contribution in [0, 0.1) is 5.41 Å². The van der Waals surface area contributed by atoms with Crippen LogP contribution >= 0.6 is 0 Å². The van der Waals surface area contributed by atoms with Crippen molar-refractivity contribution < 1.29 is 14.3 Å². The second-order valence-corrected chi connectivity index (χ2v) is 9.95. The highest BCUT2D eigenvalue weighted by Gasteiger charge is 2.42. The number of aliphatic imine (C=N–C) groups is 1. The normalized spacial score (nSPS) is 24.1. The van der Waals surface area contributed by atoms with Crippen molar-refractivity contribution >= 4 is 18.0 Å². The highest BCUT2D eigenvalue weighted by Crippen LogP contribution is 2.38. The van der Waals surface area contributed by atoms with E-state index in [2.05, 4.69) is 20.9 Å². The number of hydrogen-bond donors (Lipinski definition) is 3. The Morgan fingerprint density at radius 2 is 1.57 bits per heavy atom. The van der Waals surface area contributed by atoms with Crippen LogP contribution in [0.3, 0.4) is 0 Å². The molecule has 2 fully saturated rings. The molecule has 2 rings (SSSR count). The van der Waals surface area contributed by atoms with Crippen molar-refractivity contribution in [3.8, 4) is 0 Å². The number of nitrogens with zero attached hydrogens (tertiary/aromatic N) is 2. The Morgan fingerprint density at radius 1 is 1.03 bits per heavy atom. The minimum atomic E-state index is -0.481. The first-order valence-corrected chi connectivity index (χ1v) is 11.2. The molecular formula is C22H41N5O3. The summed E-state index contributed by atoms with van der Waals surface area (Å²) in [4.78, 5) is 30.8. The first-order valence-electron chi connectivity index (χ1n) is 11.2. The minimum Gasteiger partial charge on any atom is -0.444 e. The molecule has 0 unspecified atom stereocenters. The lowest BCUT2D eigenvalue weighted by molar-refractivity contribution is -0.138. The predicted octanol–water partition coefficient (Wildman–Crippen LogP) is 2.64. The molecule has 2 amide bonds. The fourth-order valence-corrected chi connectivity index (χ4v) is 4.49. The SMILES string of the molecule is CN=C(NCC1(C(=O)N(C)C)CCCC1)NC1CCC(NC(=O)OC(C)(C)C)CC1. The van der Waals surface area contributed by atoms with Gasteiger partial charge in [0.2, 0.25) is 5.91 Å². The number of guanidine groups is 1. The lowest BCUT2D eigenvalue weighted by Crippen LogP contribution is -2.52. The Kier molecular flexibility index (Phi) is 8.38. The Bertz CT molecular complexity index is 613. The van der Waals surface area contributed by atoms with Crippen molar-refractivity contribution in [3.05, 3.63) is 0 Å². The maximum atomic E-state index is 12.7. The van der Waals surface area contributed by atoms with E-state index in [0.29, 0.717) is 12.6 Å². The van der Waals surface area contributed by atoms with Crippen LogP contribution in [0.2, 0.25) is 0 Å². The number of alkyl carbamates (subject to hydrolysis) is 1. The van der Waals surface area contributed by atoms with Crippen LogP contribution in [-0.2, 0) is 9.53 Å². The largest absolute Gasteiger partial charge is 0.444 e. The number of hydrogen-bond acceptors (Lipinski definition) is 4. The summed E-state index contributed by atoms with van der Waals surface area (Å²) in [6, 6.07) is 0.448. The molecular weight excluding hydrogens is 382 g/mol. The first kappa shape index (κ1) is 24.3. The molecule has 0 radical (unpaired) electrons. The van der Waals surface area contributed by atoms with Crippen LogP contribution in [-0.4, -0.2) is 68.2 Å². The number of nitrogens with one attached hydrogen (secondary N) is 3. The molecule has 2 saturated carbocycles. The second-order valence-electron chi connectivity index (χ2n) is 9.95. The summed E-state index contributed by atoms with van der Waals surface area (Å²) in [7, 11) is 5.43. The van der Waals surface area contributed by atoms with Crippen LogP contribution in [0.4, 0.5) is 4.79 Å². The van der Waals surface area contributed by atoms with Gasteiger partial charge in [-0.05, 0) is 59.3 Å². The van der Waals surface area contributed by atoms with E-state index < -0.39 is 5.60 Å². The first-order chi connectivity index (χ1) is 14.0. The fraction of sp³-hybridized carbons (Fsp3) is 0.864. The van der Waals surface area contributed by atoms with Gasteiger partial charge in [-0.2, -0.15) is 0 Å². The van der Waals surface area contributed by atoms with Gasteiger partial charge in [0.1, 0.15) is 5.60 Å². The average Bonchev–Trinajstić information content (AvgIpc) is 3.14. The highest BCUT2D eigenvalue weighted by atomic mass is 16.6. The standard InChI is InChI=1S/C22H41N5O3/c1-21(2,3)30-20(29)26-17-11-9-16(10-12-17)25-19(23-4)24-15-22(13-7-8-14-22)18(28)27(5)6/h16-17H,7-15H2,1-6H3,(H,26,29)(H2,23,24,25). The topological polar surface area (TPSA) is 95.1 Å². The molecule has 0 aliphatic heterocycles. The van der Waals surface area contributed by atoms with Gasteiger partial charge >= 0.3 is 6.09 Å². The smallest absolute Gasteiger partial charge is 0.407 e. The summed E-state index contributed by atoms with van der Waals surface area (Å²) in [5.74, 6) is 0.952. The zero-order chi connectivity index (χ0) is 22.4. The van der Waals surface area contributed by atoms with Gasteiger partial charge in [-0.25, -0.2) is 4.79 Å². The van der Waals surface area contributed by atoms with Crippen LogP contribution in [0.5, 0.6) is 0 Å². The van der Waals surface area contributed by atoms with Gasteiger partial charge in [-0.1, -0.05) is 12.8 Å². The molecule has 30 heavy (non-hydrogen) atoms. The Balaban J connectivity index is 1.79. The molecule has 0 aromatic heterocycles. The van der Waals surface area contributed by atoms with Gasteiger partial charge in [-0.3, -0.25) is 9.79 Å². The van der Waals surface area contributed by atoms with E-state index in [9.17, 15) is 9.59 Å². The van der Waals surface area contributed by atoms with Gasteiger partial charge in [0.15, 0.2) is 5.96 Å². The molecule has 2 aliphatic carbocycles. The number of amides is 2. The maximum Gasteiger partial charge on any atom is 0.407 e. The Morgan fingerprint density at radius 3 is 2.03 bits per heavy atom. The molecule has 0 heterocycles. The monoisotopic (exact) mass is 423 g/mol. The van der Waals surface area contributed by atoms with E-state index in [1.165, 1.54) is 0 Å². The highest BCUT2D eigenvalue weighted by molar-refractivity contribution is 5.85. The lowest BCUT2D eigenvalue weighted by Gasteiger charge is -2.33. The van der Waals surface area contributed by atoms with Gasteiger partial charge in [0.25, 0.3) is 0 Å². The molecule has 0 spiro atoms. The van der Waals surface area contributed by atoms with E-state index >= 15 is 0 Å².